The molecule has 2 saturated heterocycles. The Labute approximate surface area is 107 Å². The third kappa shape index (κ3) is 2.12. The number of ether oxygens (including phenoxy) is 1. The first-order chi connectivity index (χ1) is 8.74. The Morgan fingerprint density at radius 3 is 2.50 bits per heavy atom. The second-order valence-electron chi connectivity index (χ2n) is 5.29. The maximum absolute atomic E-state index is 12.0. The number of carbonyl (C=O) groups is 1. The second kappa shape index (κ2) is 4.69. The van der Waals surface area contributed by atoms with E-state index in [2.05, 4.69) is 16.9 Å². The molecule has 0 unspecified atom stereocenters. The van der Waals surface area contributed by atoms with Crippen LogP contribution in [0.4, 0.5) is 0 Å². The average Bonchev–Trinajstić information content (AvgIpc) is 2.63. The number of hydrogen-bond donors (Lipinski definition) is 0. The number of piperidine rings is 1. The first-order valence-corrected chi connectivity index (χ1v) is 6.57. The Morgan fingerprint density at radius 2 is 1.89 bits per heavy atom. The molecule has 2 bridgehead atoms. The Morgan fingerprint density at radius 1 is 1.28 bits per heavy atom. The standard InChI is InChI=1S/C14H18N2O2/c1-16-11-2-3-12(16)9-13(8-11)18-14(17)10-4-6-15-7-5-10/h4-7,11-13H,2-3,8-9H2,1H3/t11-,12+,13+. The Bertz CT molecular complexity index is 421. The summed E-state index contributed by atoms with van der Waals surface area (Å²) >= 11 is 0. The Kier molecular flexibility index (Phi) is 3.04. The van der Waals surface area contributed by atoms with Crippen LogP contribution in [-0.2, 0) is 4.74 Å². The normalized spacial score (nSPS) is 31.3. The van der Waals surface area contributed by atoms with E-state index < -0.39 is 0 Å². The number of hydrogen-bond acceptors (Lipinski definition) is 4. The minimum atomic E-state index is -0.216. The van der Waals surface area contributed by atoms with Crippen molar-refractivity contribution in [2.75, 3.05) is 7.05 Å². The topological polar surface area (TPSA) is 42.4 Å². The van der Waals surface area contributed by atoms with Crippen molar-refractivity contribution >= 4 is 5.97 Å². The van der Waals surface area contributed by atoms with Crippen molar-refractivity contribution in [2.45, 2.75) is 43.9 Å². The predicted molar refractivity (Wildman–Crippen MR) is 67.2 cm³/mol. The Balaban J connectivity index is 1.63. The number of esters is 1. The highest BCUT2D eigenvalue weighted by Crippen LogP contribution is 2.35. The van der Waals surface area contributed by atoms with Gasteiger partial charge in [-0.05, 0) is 32.0 Å². The molecule has 3 rings (SSSR count). The summed E-state index contributed by atoms with van der Waals surface area (Å²) in [6.45, 7) is 0. The van der Waals surface area contributed by atoms with Crippen molar-refractivity contribution < 1.29 is 9.53 Å². The van der Waals surface area contributed by atoms with Gasteiger partial charge in [0.15, 0.2) is 0 Å². The SMILES string of the molecule is CN1[C@@H]2CC[C@H]1C[C@@H](OC(=O)c1ccncc1)C2. The van der Waals surface area contributed by atoms with E-state index in [0.717, 1.165) is 12.8 Å². The summed E-state index contributed by atoms with van der Waals surface area (Å²) in [5, 5.41) is 0. The molecule has 3 heterocycles. The summed E-state index contributed by atoms with van der Waals surface area (Å²) in [6, 6.07) is 4.59. The van der Waals surface area contributed by atoms with Gasteiger partial charge in [-0.25, -0.2) is 4.79 Å². The van der Waals surface area contributed by atoms with Crippen LogP contribution in [0.5, 0.6) is 0 Å². The lowest BCUT2D eigenvalue weighted by molar-refractivity contribution is -0.000458. The molecule has 0 aliphatic carbocycles. The van der Waals surface area contributed by atoms with Crippen LogP contribution in [0.25, 0.3) is 0 Å². The van der Waals surface area contributed by atoms with E-state index in [-0.39, 0.29) is 12.1 Å². The highest BCUT2D eigenvalue weighted by atomic mass is 16.5. The van der Waals surface area contributed by atoms with Crippen LogP contribution in [0, 0.1) is 0 Å². The summed E-state index contributed by atoms with van der Waals surface area (Å²) in [4.78, 5) is 18.3. The fraction of sp³-hybridized carbons (Fsp3) is 0.571. The lowest BCUT2D eigenvalue weighted by atomic mass is 10.0. The lowest BCUT2D eigenvalue weighted by Gasteiger charge is -2.35. The average molecular weight is 246 g/mol. The molecular weight excluding hydrogens is 228 g/mol. The number of carbonyl (C=O) groups excluding carboxylic acids is 1. The summed E-state index contributed by atoms with van der Waals surface area (Å²) in [6.07, 6.45) is 7.76. The van der Waals surface area contributed by atoms with Gasteiger partial charge in [-0.1, -0.05) is 0 Å². The van der Waals surface area contributed by atoms with Crippen molar-refractivity contribution in [3.8, 4) is 0 Å². The lowest BCUT2D eigenvalue weighted by Crippen LogP contribution is -2.43. The molecule has 2 aliphatic rings. The molecule has 1 aromatic rings. The zero-order chi connectivity index (χ0) is 12.5. The van der Waals surface area contributed by atoms with Crippen molar-refractivity contribution in [3.63, 3.8) is 0 Å². The largest absolute Gasteiger partial charge is 0.459 e. The summed E-state index contributed by atoms with van der Waals surface area (Å²) in [5.74, 6) is -0.216. The van der Waals surface area contributed by atoms with Crippen LogP contribution in [-0.4, -0.2) is 41.1 Å². The van der Waals surface area contributed by atoms with Crippen LogP contribution in [0.15, 0.2) is 24.5 Å². The van der Waals surface area contributed by atoms with Gasteiger partial charge in [-0.15, -0.1) is 0 Å². The van der Waals surface area contributed by atoms with Gasteiger partial charge in [0.1, 0.15) is 6.10 Å². The van der Waals surface area contributed by atoms with Crippen LogP contribution >= 0.6 is 0 Å². The van der Waals surface area contributed by atoms with Crippen LogP contribution in [0.3, 0.4) is 0 Å². The minimum absolute atomic E-state index is 0.0827. The highest BCUT2D eigenvalue weighted by molar-refractivity contribution is 5.89. The molecule has 1 aromatic heterocycles. The third-order valence-corrected chi connectivity index (χ3v) is 4.24. The molecule has 4 nitrogen and oxygen atoms in total. The predicted octanol–water partition coefficient (Wildman–Crippen LogP) is 1.86. The number of aromatic nitrogens is 1. The highest BCUT2D eigenvalue weighted by Gasteiger charge is 2.39. The van der Waals surface area contributed by atoms with Crippen molar-refractivity contribution in [1.29, 1.82) is 0 Å². The molecule has 0 spiro atoms. The molecule has 18 heavy (non-hydrogen) atoms. The number of fused-ring (bicyclic) bond motifs is 2. The van der Waals surface area contributed by atoms with E-state index in [1.54, 1.807) is 24.5 Å². The minimum Gasteiger partial charge on any atom is -0.459 e. The number of pyridine rings is 1. The van der Waals surface area contributed by atoms with Gasteiger partial charge in [-0.3, -0.25) is 4.98 Å². The van der Waals surface area contributed by atoms with E-state index in [4.69, 9.17) is 4.74 Å². The monoisotopic (exact) mass is 246 g/mol. The van der Waals surface area contributed by atoms with E-state index >= 15 is 0 Å². The molecule has 0 aromatic carbocycles. The third-order valence-electron chi connectivity index (χ3n) is 4.24. The maximum atomic E-state index is 12.0. The molecule has 4 heteroatoms. The summed E-state index contributed by atoms with van der Waals surface area (Å²) in [7, 11) is 2.18. The van der Waals surface area contributed by atoms with Crippen molar-refractivity contribution in [2.24, 2.45) is 0 Å². The van der Waals surface area contributed by atoms with Crippen LogP contribution in [0.2, 0.25) is 0 Å². The fourth-order valence-electron chi connectivity index (χ4n) is 3.17. The van der Waals surface area contributed by atoms with E-state index in [1.165, 1.54) is 12.8 Å². The smallest absolute Gasteiger partial charge is 0.338 e. The number of nitrogens with zero attached hydrogens (tertiary/aromatic N) is 2. The van der Waals surface area contributed by atoms with Gasteiger partial charge in [0, 0.05) is 37.3 Å². The maximum Gasteiger partial charge on any atom is 0.338 e. The zero-order valence-corrected chi connectivity index (χ0v) is 10.6. The molecular formula is C14H18N2O2. The quantitative estimate of drug-likeness (QED) is 0.747. The molecule has 2 aliphatic heterocycles. The molecule has 0 radical (unpaired) electrons. The molecule has 0 amide bonds. The van der Waals surface area contributed by atoms with E-state index in [9.17, 15) is 4.79 Å². The molecule has 3 atom stereocenters. The van der Waals surface area contributed by atoms with Gasteiger partial charge in [-0.2, -0.15) is 0 Å². The van der Waals surface area contributed by atoms with Gasteiger partial charge >= 0.3 is 5.97 Å². The summed E-state index contributed by atoms with van der Waals surface area (Å²) in [5.41, 5.74) is 0.594. The van der Waals surface area contributed by atoms with Crippen LogP contribution in [0.1, 0.15) is 36.0 Å². The van der Waals surface area contributed by atoms with Gasteiger partial charge < -0.3 is 9.64 Å². The van der Waals surface area contributed by atoms with Gasteiger partial charge in [0.05, 0.1) is 5.56 Å². The van der Waals surface area contributed by atoms with Gasteiger partial charge in [0.2, 0.25) is 0 Å². The first kappa shape index (κ1) is 11.7. The Hall–Kier alpha value is -1.42. The van der Waals surface area contributed by atoms with E-state index in [1.807, 2.05) is 0 Å². The fourth-order valence-corrected chi connectivity index (χ4v) is 3.17. The van der Waals surface area contributed by atoms with Crippen molar-refractivity contribution in [1.82, 2.24) is 9.88 Å². The summed E-state index contributed by atoms with van der Waals surface area (Å²) < 4.78 is 5.61. The number of rotatable bonds is 2. The molecule has 0 N–H and O–H groups in total. The van der Waals surface area contributed by atoms with Crippen molar-refractivity contribution in [3.05, 3.63) is 30.1 Å². The zero-order valence-electron chi connectivity index (χ0n) is 10.6. The first-order valence-electron chi connectivity index (χ1n) is 6.57. The van der Waals surface area contributed by atoms with Gasteiger partial charge in [0.25, 0.3) is 0 Å². The molecule has 0 saturated carbocycles. The van der Waals surface area contributed by atoms with E-state index in [0.29, 0.717) is 17.6 Å². The molecule has 2 fully saturated rings. The molecule has 96 valence electrons. The van der Waals surface area contributed by atoms with Crippen LogP contribution < -0.4 is 0 Å². The second-order valence-corrected chi connectivity index (χ2v) is 5.29.